The molecule has 1 aliphatic heterocycles. The largest absolute Gasteiger partial charge is 0.393 e. The number of Topliss-reactive ketones (excluding diaryl/α,β-unsaturated/α-hetero) is 2. The number of carbonyl (C=O) groups is 9. The number of guanidine groups is 1. The average molecular weight is 1250 g/mol. The molecule has 9 atom stereocenters. The summed E-state index contributed by atoms with van der Waals surface area (Å²) in [5, 5.41) is 31.5. The smallest absolute Gasteiger partial charge is 0.243 e. The number of carbonyl (C=O) groups excluding carboxylic acids is 9. The van der Waals surface area contributed by atoms with E-state index in [9.17, 15) is 38.7 Å². The summed E-state index contributed by atoms with van der Waals surface area (Å²) in [5.74, 6) is -9.17. The van der Waals surface area contributed by atoms with Crippen LogP contribution in [0.15, 0.2) is 90.1 Å². The lowest BCUT2D eigenvalue weighted by Gasteiger charge is -2.29. The van der Waals surface area contributed by atoms with Gasteiger partial charge in [0.2, 0.25) is 41.4 Å². The number of nitrogens with two attached hydrogens (primary N) is 5. The van der Waals surface area contributed by atoms with Crippen LogP contribution in [0.1, 0.15) is 132 Å². The summed E-state index contributed by atoms with van der Waals surface area (Å²) in [6.45, 7) is 1.79. The molecule has 0 saturated carbocycles. The highest BCUT2D eigenvalue weighted by Crippen LogP contribution is 2.30. The number of benzene rings is 3. The first-order valence-electron chi connectivity index (χ1n) is 32.0. The summed E-state index contributed by atoms with van der Waals surface area (Å²) in [6.07, 6.45) is 6.26. The van der Waals surface area contributed by atoms with E-state index in [-0.39, 0.29) is 90.0 Å². The standard InChI is InChI=1S/C66H96N14O10/c1-2-3-4-5-9-21-48(81)38-58(84)75-55(39-69)57(83)36-44-27-31-72-62(87)54(35-47-40-74-50-23-13-12-22-49(47)50)79-64(89)52(24-14-15-28-67)77-63(88)53(25-16-30-73-66(70)71)78-65(90)59(45-33-42-19-10-11-20-43(42)34-45)80-61(86)46(32-41-17-7-6-8-18-41)37-56(82)51(26-29-68)76-60(44)85/h6-8,10-13,17-20,22-23,40,44-46,48,51-55,59,74,81H,2-5,9,14-16,21,24-39,67-69H2,1H3,(H,72,87)(H,75,84)(H,76,85)(H,77,88)(H,78,90)(H,79,89)(H,80,86)(H4,70,71,73)/t44-,46+,48-,51+,52+,53+,54+,55-,59+/m1/s1. The van der Waals surface area contributed by atoms with E-state index in [1.54, 1.807) is 36.5 Å². The summed E-state index contributed by atoms with van der Waals surface area (Å²) in [6, 6.07) is 16.3. The number of aliphatic hydroxyl groups excluding tert-OH is 1. The second-order valence-electron chi connectivity index (χ2n) is 24.0. The summed E-state index contributed by atoms with van der Waals surface area (Å²) >= 11 is 0. The Morgan fingerprint density at radius 3 is 1.94 bits per heavy atom. The lowest BCUT2D eigenvalue weighted by molar-refractivity contribution is -0.137. The number of aliphatic imine (C=N–C) groups is 1. The van der Waals surface area contributed by atoms with Crippen molar-refractivity contribution in [2.75, 3.05) is 32.7 Å². The predicted octanol–water partition coefficient (Wildman–Crippen LogP) is 1.55. The average Bonchev–Trinajstić information content (AvgIpc) is 3.84. The number of ketones is 2. The van der Waals surface area contributed by atoms with Gasteiger partial charge in [-0.15, -0.1) is 0 Å². The second-order valence-corrected chi connectivity index (χ2v) is 24.0. The van der Waals surface area contributed by atoms with Crippen LogP contribution in [-0.4, -0.2) is 144 Å². The van der Waals surface area contributed by atoms with Gasteiger partial charge in [-0.05, 0) is 118 Å². The van der Waals surface area contributed by atoms with Crippen LogP contribution < -0.4 is 65.9 Å². The van der Waals surface area contributed by atoms with Crippen molar-refractivity contribution in [3.05, 3.63) is 107 Å². The van der Waals surface area contributed by atoms with Gasteiger partial charge in [-0.25, -0.2) is 0 Å². The number of amides is 7. The van der Waals surface area contributed by atoms with E-state index in [0.717, 1.165) is 54.1 Å². The number of fused-ring (bicyclic) bond motifs is 2. The van der Waals surface area contributed by atoms with Gasteiger partial charge in [-0.3, -0.25) is 48.1 Å². The third-order valence-corrected chi connectivity index (χ3v) is 17.0. The monoisotopic (exact) mass is 1240 g/mol. The van der Waals surface area contributed by atoms with E-state index in [2.05, 4.69) is 54.1 Å². The molecule has 0 unspecified atom stereocenters. The molecule has 2 heterocycles. The number of nitrogens with one attached hydrogen (secondary N) is 8. The van der Waals surface area contributed by atoms with E-state index in [0.29, 0.717) is 43.2 Å². The normalized spacial score (nSPS) is 21.8. The van der Waals surface area contributed by atoms with Crippen molar-refractivity contribution in [3.8, 4) is 0 Å². The molecule has 19 N–H and O–H groups in total. The molecule has 2 aliphatic rings. The number of aliphatic hydroxyl groups is 1. The fourth-order valence-electron chi connectivity index (χ4n) is 11.9. The maximum Gasteiger partial charge on any atom is 0.243 e. The Labute approximate surface area is 527 Å². The zero-order valence-electron chi connectivity index (χ0n) is 52.0. The molecule has 1 fully saturated rings. The molecular formula is C66H96N14O10. The van der Waals surface area contributed by atoms with Crippen molar-refractivity contribution in [1.82, 2.24) is 42.2 Å². The van der Waals surface area contributed by atoms with E-state index >= 15 is 9.59 Å². The SMILES string of the molecule is CCCCCCC[C@@H](O)CC(=O)N[C@H](CN)C(=O)C[C@H]1CCNC(=O)[C@H](Cc2c[nH]c3ccccc23)NC(=O)[C@H](CCCCN)NC(=O)[C@H](CCCN=C(N)N)NC(=O)[C@H](C2Cc3ccccc3C2)NC(=O)[C@@H](Cc2ccccc2)CC(=O)[C@H](CCN)NC1=O. The van der Waals surface area contributed by atoms with E-state index in [1.165, 1.54) is 0 Å². The van der Waals surface area contributed by atoms with Crippen molar-refractivity contribution >= 4 is 69.8 Å². The summed E-state index contributed by atoms with van der Waals surface area (Å²) in [7, 11) is 0. The fourth-order valence-corrected chi connectivity index (χ4v) is 11.9. The second kappa shape index (κ2) is 37.2. The fraction of sp³-hybridized carbons (Fsp3) is 0.545. The highest BCUT2D eigenvalue weighted by Gasteiger charge is 2.40. The van der Waals surface area contributed by atoms with Crippen LogP contribution in [0.4, 0.5) is 0 Å². The number of para-hydroxylation sites is 1. The minimum atomic E-state index is -1.31. The minimum absolute atomic E-state index is 0.0143. The number of nitrogens with zero attached hydrogens (tertiary/aromatic N) is 1. The molecule has 4 aromatic rings. The Morgan fingerprint density at radius 1 is 0.633 bits per heavy atom. The summed E-state index contributed by atoms with van der Waals surface area (Å²) in [4.78, 5) is 139. The van der Waals surface area contributed by atoms with Gasteiger partial charge in [0.05, 0.1) is 24.6 Å². The molecule has 7 amide bonds. The van der Waals surface area contributed by atoms with Crippen molar-refractivity contribution in [2.24, 2.45) is 51.4 Å². The highest BCUT2D eigenvalue weighted by molar-refractivity contribution is 5.98. The number of aromatic amines is 1. The lowest BCUT2D eigenvalue weighted by Crippen LogP contribution is -2.59. The number of rotatable bonds is 28. The number of unbranched alkanes of at least 4 members (excludes halogenated alkanes) is 5. The molecule has 0 bridgehead atoms. The molecule has 3 aromatic carbocycles. The van der Waals surface area contributed by atoms with Crippen LogP contribution in [0.25, 0.3) is 10.9 Å². The molecule has 90 heavy (non-hydrogen) atoms. The third-order valence-electron chi connectivity index (χ3n) is 17.0. The van der Waals surface area contributed by atoms with E-state index < -0.39 is 126 Å². The van der Waals surface area contributed by atoms with Gasteiger partial charge >= 0.3 is 0 Å². The topological polar surface area (TPSA) is 416 Å². The summed E-state index contributed by atoms with van der Waals surface area (Å²) in [5.41, 5.74) is 33.5. The number of hydrogen-bond donors (Lipinski definition) is 14. The van der Waals surface area contributed by atoms with Crippen LogP contribution in [0, 0.1) is 17.8 Å². The molecule has 490 valence electrons. The van der Waals surface area contributed by atoms with Crippen LogP contribution >= 0.6 is 0 Å². The van der Waals surface area contributed by atoms with Crippen LogP contribution in [0.2, 0.25) is 0 Å². The molecule has 24 heteroatoms. The zero-order valence-corrected chi connectivity index (χ0v) is 52.0. The van der Waals surface area contributed by atoms with Crippen LogP contribution in [0.5, 0.6) is 0 Å². The Hall–Kier alpha value is -8.06. The predicted molar refractivity (Wildman–Crippen MR) is 344 cm³/mol. The van der Waals surface area contributed by atoms with E-state index in [1.807, 2.05) is 48.5 Å². The van der Waals surface area contributed by atoms with Crippen molar-refractivity contribution in [3.63, 3.8) is 0 Å². The maximum absolute atomic E-state index is 15.2. The van der Waals surface area contributed by atoms with Gasteiger partial charge in [0, 0.05) is 67.8 Å². The van der Waals surface area contributed by atoms with Crippen molar-refractivity contribution in [1.29, 1.82) is 0 Å². The molecule has 0 radical (unpaired) electrons. The first-order chi connectivity index (χ1) is 43.4. The Morgan fingerprint density at radius 2 is 1.27 bits per heavy atom. The van der Waals surface area contributed by atoms with Gasteiger partial charge in [-0.1, -0.05) is 112 Å². The summed E-state index contributed by atoms with van der Waals surface area (Å²) < 4.78 is 0. The van der Waals surface area contributed by atoms with Gasteiger partial charge < -0.3 is 76.0 Å². The third kappa shape index (κ3) is 22.5. The maximum atomic E-state index is 15.2. The minimum Gasteiger partial charge on any atom is -0.393 e. The molecule has 1 saturated heterocycles. The molecule has 6 rings (SSSR count). The molecular weight excluding hydrogens is 1150 g/mol. The first-order valence-corrected chi connectivity index (χ1v) is 32.0. The number of H-pyrrole nitrogens is 1. The Kier molecular flexibility index (Phi) is 29.3. The Balaban J connectivity index is 1.40. The van der Waals surface area contributed by atoms with Gasteiger partial charge in [0.25, 0.3) is 0 Å². The first kappa shape index (κ1) is 71.0. The molecule has 1 aromatic heterocycles. The number of hydrogen-bond acceptors (Lipinski definition) is 14. The highest BCUT2D eigenvalue weighted by atomic mass is 16.3. The zero-order chi connectivity index (χ0) is 65.0. The van der Waals surface area contributed by atoms with Crippen LogP contribution in [0.3, 0.4) is 0 Å². The molecule has 1 aliphatic carbocycles. The quantitative estimate of drug-likeness (QED) is 0.0218. The van der Waals surface area contributed by atoms with Gasteiger partial charge in [-0.2, -0.15) is 0 Å². The van der Waals surface area contributed by atoms with Gasteiger partial charge in [0.1, 0.15) is 24.2 Å². The lowest BCUT2D eigenvalue weighted by atomic mass is 9.88. The van der Waals surface area contributed by atoms with Gasteiger partial charge in [0.15, 0.2) is 17.5 Å². The molecule has 24 nitrogen and oxygen atoms in total. The molecule has 0 spiro atoms. The number of aromatic nitrogens is 1. The Bertz CT molecular complexity index is 3020. The van der Waals surface area contributed by atoms with Crippen LogP contribution in [-0.2, 0) is 68.8 Å². The van der Waals surface area contributed by atoms with Crippen molar-refractivity contribution < 1.29 is 48.3 Å². The van der Waals surface area contributed by atoms with E-state index in [4.69, 9.17) is 28.7 Å². The van der Waals surface area contributed by atoms with Crippen molar-refractivity contribution in [2.45, 2.75) is 178 Å².